The van der Waals surface area contributed by atoms with E-state index >= 15 is 0 Å². The molecule has 0 bridgehead atoms. The zero-order valence-electron chi connectivity index (χ0n) is 11.6. The largest absolute Gasteiger partial charge is 0.419 e. The van der Waals surface area contributed by atoms with E-state index in [1.165, 1.54) is 0 Å². The normalized spacial score (nSPS) is 19.5. The van der Waals surface area contributed by atoms with Crippen LogP contribution in [-0.4, -0.2) is 28.1 Å². The Balaban J connectivity index is 2.08. The van der Waals surface area contributed by atoms with Gasteiger partial charge < -0.3 is 5.32 Å². The molecule has 1 unspecified atom stereocenters. The predicted octanol–water partition coefficient (Wildman–Crippen LogP) is 2.12. The lowest BCUT2D eigenvalue weighted by atomic mass is 10.1. The molecular formula is C13H16F4N2O2S. The molecule has 9 heteroatoms. The van der Waals surface area contributed by atoms with E-state index in [1.54, 1.807) is 0 Å². The minimum atomic E-state index is -4.94. The fourth-order valence-corrected chi connectivity index (χ4v) is 3.40. The van der Waals surface area contributed by atoms with Crippen LogP contribution in [0.15, 0.2) is 23.1 Å². The van der Waals surface area contributed by atoms with Gasteiger partial charge in [0.05, 0.1) is 10.5 Å². The molecular weight excluding hydrogens is 324 g/mol. The molecule has 1 saturated heterocycles. The van der Waals surface area contributed by atoms with Crippen molar-refractivity contribution in [1.29, 1.82) is 0 Å². The molecule has 0 amide bonds. The summed E-state index contributed by atoms with van der Waals surface area (Å²) in [6, 6.07) is 1.65. The Kier molecular flexibility index (Phi) is 5.08. The zero-order chi connectivity index (χ0) is 16.4. The molecule has 1 heterocycles. The lowest BCUT2D eigenvalue weighted by molar-refractivity contribution is -0.140. The summed E-state index contributed by atoms with van der Waals surface area (Å²) >= 11 is 0. The molecule has 0 aromatic heterocycles. The van der Waals surface area contributed by atoms with Crippen LogP contribution in [0.1, 0.15) is 18.4 Å². The Morgan fingerprint density at radius 2 is 2.05 bits per heavy atom. The molecule has 1 aliphatic heterocycles. The average Bonchev–Trinajstić information content (AvgIpc) is 2.90. The number of benzene rings is 1. The minimum Gasteiger partial charge on any atom is -0.316 e. The number of alkyl halides is 3. The Bertz CT molecular complexity index is 625. The number of hydrogen-bond donors (Lipinski definition) is 2. The molecule has 22 heavy (non-hydrogen) atoms. The van der Waals surface area contributed by atoms with Gasteiger partial charge >= 0.3 is 6.18 Å². The van der Waals surface area contributed by atoms with E-state index in [0.717, 1.165) is 25.6 Å². The Morgan fingerprint density at radius 3 is 2.64 bits per heavy atom. The summed E-state index contributed by atoms with van der Waals surface area (Å²) < 4.78 is 77.2. The second-order valence-corrected chi connectivity index (χ2v) is 6.95. The van der Waals surface area contributed by atoms with Crippen LogP contribution >= 0.6 is 0 Å². The summed E-state index contributed by atoms with van der Waals surface area (Å²) in [6.45, 7) is 1.81. The highest BCUT2D eigenvalue weighted by molar-refractivity contribution is 7.89. The van der Waals surface area contributed by atoms with Crippen molar-refractivity contribution >= 4 is 10.0 Å². The molecule has 0 aliphatic carbocycles. The van der Waals surface area contributed by atoms with E-state index in [2.05, 4.69) is 10.0 Å². The van der Waals surface area contributed by atoms with Gasteiger partial charge in [0.1, 0.15) is 5.82 Å². The predicted molar refractivity (Wildman–Crippen MR) is 72.2 cm³/mol. The third kappa shape index (κ3) is 4.17. The van der Waals surface area contributed by atoms with Gasteiger partial charge in [-0.3, -0.25) is 0 Å². The van der Waals surface area contributed by atoms with Gasteiger partial charge in [-0.1, -0.05) is 0 Å². The molecule has 1 atom stereocenters. The third-order valence-corrected chi connectivity index (χ3v) is 5.02. The van der Waals surface area contributed by atoms with Gasteiger partial charge in [0.15, 0.2) is 0 Å². The number of hydrogen-bond acceptors (Lipinski definition) is 3. The number of sulfonamides is 1. The van der Waals surface area contributed by atoms with Crippen molar-refractivity contribution in [3.05, 3.63) is 29.6 Å². The van der Waals surface area contributed by atoms with E-state index in [0.29, 0.717) is 24.5 Å². The van der Waals surface area contributed by atoms with Crippen LogP contribution in [-0.2, 0) is 16.2 Å². The van der Waals surface area contributed by atoms with Crippen LogP contribution in [0.25, 0.3) is 0 Å². The Labute approximate surface area is 126 Å². The molecule has 0 radical (unpaired) electrons. The Morgan fingerprint density at radius 1 is 1.32 bits per heavy atom. The van der Waals surface area contributed by atoms with Gasteiger partial charge in [0.25, 0.3) is 0 Å². The maximum absolute atomic E-state index is 13.2. The highest BCUT2D eigenvalue weighted by Crippen LogP contribution is 2.32. The highest BCUT2D eigenvalue weighted by atomic mass is 32.2. The second-order valence-electron chi connectivity index (χ2n) is 5.18. The van der Waals surface area contributed by atoms with E-state index in [4.69, 9.17) is 0 Å². The van der Waals surface area contributed by atoms with Crippen molar-refractivity contribution in [2.75, 3.05) is 19.6 Å². The monoisotopic (exact) mass is 340 g/mol. The van der Waals surface area contributed by atoms with Gasteiger partial charge in [0.2, 0.25) is 10.0 Å². The summed E-state index contributed by atoms with van der Waals surface area (Å²) in [4.78, 5) is -0.592. The smallest absolute Gasteiger partial charge is 0.316 e. The van der Waals surface area contributed by atoms with Crippen LogP contribution in [0.2, 0.25) is 0 Å². The standard InChI is InChI=1S/C13H16F4N2O2S/c14-12-2-1-10(7-11(12)13(15,16)17)22(20,21)19-6-4-9-3-5-18-8-9/h1-2,7,9,18-19H,3-6,8H2. The van der Waals surface area contributed by atoms with Gasteiger partial charge in [-0.2, -0.15) is 13.2 Å². The van der Waals surface area contributed by atoms with Gasteiger partial charge in [-0.15, -0.1) is 0 Å². The fraction of sp³-hybridized carbons (Fsp3) is 0.538. The average molecular weight is 340 g/mol. The quantitative estimate of drug-likeness (QED) is 0.808. The molecule has 1 fully saturated rings. The van der Waals surface area contributed by atoms with Crippen LogP contribution < -0.4 is 10.0 Å². The van der Waals surface area contributed by atoms with E-state index < -0.39 is 32.5 Å². The molecule has 0 saturated carbocycles. The maximum Gasteiger partial charge on any atom is 0.419 e. The third-order valence-electron chi connectivity index (χ3n) is 3.56. The first-order valence-corrected chi connectivity index (χ1v) is 8.25. The van der Waals surface area contributed by atoms with Crippen molar-refractivity contribution in [2.24, 2.45) is 5.92 Å². The number of halogens is 4. The van der Waals surface area contributed by atoms with Crippen LogP contribution in [0.5, 0.6) is 0 Å². The Hall–Kier alpha value is -1.19. The summed E-state index contributed by atoms with van der Waals surface area (Å²) in [5.41, 5.74) is -1.59. The molecule has 2 rings (SSSR count). The maximum atomic E-state index is 13.2. The minimum absolute atomic E-state index is 0.132. The van der Waals surface area contributed by atoms with Crippen molar-refractivity contribution in [1.82, 2.24) is 10.0 Å². The van der Waals surface area contributed by atoms with Crippen molar-refractivity contribution in [2.45, 2.75) is 23.9 Å². The van der Waals surface area contributed by atoms with E-state index in [9.17, 15) is 26.0 Å². The summed E-state index contributed by atoms with van der Waals surface area (Å²) in [6.07, 6.45) is -3.40. The summed E-state index contributed by atoms with van der Waals surface area (Å²) in [7, 11) is -4.09. The van der Waals surface area contributed by atoms with E-state index in [1.807, 2.05) is 0 Å². The van der Waals surface area contributed by atoms with Crippen LogP contribution in [0.4, 0.5) is 17.6 Å². The summed E-state index contributed by atoms with van der Waals surface area (Å²) in [5, 5.41) is 3.14. The van der Waals surface area contributed by atoms with Crippen LogP contribution in [0.3, 0.4) is 0 Å². The van der Waals surface area contributed by atoms with Crippen LogP contribution in [0, 0.1) is 11.7 Å². The van der Waals surface area contributed by atoms with Gasteiger partial charge in [-0.05, 0) is 50.0 Å². The second kappa shape index (κ2) is 6.51. The zero-order valence-corrected chi connectivity index (χ0v) is 12.4. The van der Waals surface area contributed by atoms with E-state index in [-0.39, 0.29) is 6.54 Å². The van der Waals surface area contributed by atoms with Crippen molar-refractivity contribution in [3.8, 4) is 0 Å². The molecule has 0 spiro atoms. The molecule has 1 aliphatic rings. The topological polar surface area (TPSA) is 58.2 Å². The first kappa shape index (κ1) is 17.2. The van der Waals surface area contributed by atoms with Gasteiger partial charge in [0, 0.05) is 6.54 Å². The lowest BCUT2D eigenvalue weighted by Crippen LogP contribution is -2.27. The molecule has 1 aromatic rings. The van der Waals surface area contributed by atoms with Crippen molar-refractivity contribution < 1.29 is 26.0 Å². The molecule has 4 nitrogen and oxygen atoms in total. The van der Waals surface area contributed by atoms with Crippen molar-refractivity contribution in [3.63, 3.8) is 0 Å². The highest BCUT2D eigenvalue weighted by Gasteiger charge is 2.35. The molecule has 124 valence electrons. The first-order valence-electron chi connectivity index (χ1n) is 6.77. The first-order chi connectivity index (χ1) is 10.2. The van der Waals surface area contributed by atoms with Gasteiger partial charge in [-0.25, -0.2) is 17.5 Å². The molecule has 1 aromatic carbocycles. The number of rotatable bonds is 5. The lowest BCUT2D eigenvalue weighted by Gasteiger charge is -2.12. The number of nitrogens with one attached hydrogen (secondary N) is 2. The summed E-state index contributed by atoms with van der Waals surface area (Å²) in [5.74, 6) is -1.15. The fourth-order valence-electron chi connectivity index (χ4n) is 2.33. The SMILES string of the molecule is O=S(=O)(NCCC1CCNC1)c1ccc(F)c(C(F)(F)F)c1. The molecule has 2 N–H and O–H groups in total.